The van der Waals surface area contributed by atoms with Gasteiger partial charge in [-0.25, -0.2) is 9.69 Å². The van der Waals surface area contributed by atoms with Crippen LogP contribution in [0.4, 0.5) is 23.7 Å². The van der Waals surface area contributed by atoms with Gasteiger partial charge in [0.05, 0.1) is 11.3 Å². The molecular formula is C14H12F3N3O2. The van der Waals surface area contributed by atoms with E-state index >= 15 is 0 Å². The quantitative estimate of drug-likeness (QED) is 0.801. The molecule has 3 aliphatic heterocycles. The van der Waals surface area contributed by atoms with Crippen molar-refractivity contribution in [1.29, 1.82) is 0 Å². The summed E-state index contributed by atoms with van der Waals surface area (Å²) in [7, 11) is 0. The molecule has 0 spiro atoms. The van der Waals surface area contributed by atoms with E-state index in [0.717, 1.165) is 23.5 Å². The number of amides is 3. The van der Waals surface area contributed by atoms with Gasteiger partial charge >= 0.3 is 12.2 Å². The van der Waals surface area contributed by atoms with Crippen molar-refractivity contribution < 1.29 is 22.8 Å². The first kappa shape index (κ1) is 13.6. The van der Waals surface area contributed by atoms with Gasteiger partial charge in [0.1, 0.15) is 6.04 Å². The molecule has 0 saturated carbocycles. The molecule has 5 nitrogen and oxygen atoms in total. The summed E-state index contributed by atoms with van der Waals surface area (Å²) in [5.74, 6) is -0.455. The highest BCUT2D eigenvalue weighted by Gasteiger charge is 2.59. The fourth-order valence-corrected chi connectivity index (χ4v) is 3.59. The first-order chi connectivity index (χ1) is 10.4. The number of rotatable bonds is 1. The Morgan fingerprint density at radius 2 is 2.00 bits per heavy atom. The van der Waals surface area contributed by atoms with Crippen LogP contribution >= 0.6 is 0 Å². The van der Waals surface area contributed by atoms with E-state index < -0.39 is 29.7 Å². The van der Waals surface area contributed by atoms with E-state index in [-0.39, 0.29) is 17.8 Å². The van der Waals surface area contributed by atoms with Gasteiger partial charge in [-0.1, -0.05) is 6.07 Å². The summed E-state index contributed by atoms with van der Waals surface area (Å²) in [5, 5.41) is 3.16. The fraction of sp³-hybridized carbons (Fsp3) is 0.429. The Kier molecular flexibility index (Phi) is 2.60. The molecule has 4 rings (SSSR count). The lowest BCUT2D eigenvalue weighted by atomic mass is 10.1. The molecule has 1 unspecified atom stereocenters. The highest BCUT2D eigenvalue weighted by molar-refractivity contribution is 6.22. The third kappa shape index (κ3) is 1.70. The predicted molar refractivity (Wildman–Crippen MR) is 70.1 cm³/mol. The van der Waals surface area contributed by atoms with E-state index in [2.05, 4.69) is 5.32 Å². The Morgan fingerprint density at radius 3 is 2.68 bits per heavy atom. The third-order valence-corrected chi connectivity index (χ3v) is 4.53. The molecule has 8 heteroatoms. The largest absolute Gasteiger partial charge is 0.416 e. The van der Waals surface area contributed by atoms with Crippen molar-refractivity contribution >= 4 is 17.6 Å². The van der Waals surface area contributed by atoms with Crippen LogP contribution in [0.3, 0.4) is 0 Å². The van der Waals surface area contributed by atoms with Crippen molar-refractivity contribution in [2.75, 3.05) is 11.4 Å². The van der Waals surface area contributed by atoms with Crippen molar-refractivity contribution in [1.82, 2.24) is 10.2 Å². The van der Waals surface area contributed by atoms with E-state index in [1.54, 1.807) is 0 Å². The van der Waals surface area contributed by atoms with Gasteiger partial charge in [0.25, 0.3) is 5.91 Å². The Morgan fingerprint density at radius 1 is 1.23 bits per heavy atom. The minimum atomic E-state index is -4.52. The second-order valence-corrected chi connectivity index (χ2v) is 5.76. The number of halogens is 3. The number of hydrogen-bond donors (Lipinski definition) is 1. The van der Waals surface area contributed by atoms with Crippen molar-refractivity contribution in [3.63, 3.8) is 0 Å². The highest BCUT2D eigenvalue weighted by Crippen LogP contribution is 2.39. The van der Waals surface area contributed by atoms with Crippen molar-refractivity contribution in [3.8, 4) is 0 Å². The van der Waals surface area contributed by atoms with Crippen LogP contribution in [-0.4, -0.2) is 41.5 Å². The van der Waals surface area contributed by atoms with Crippen LogP contribution in [0.25, 0.3) is 0 Å². The normalized spacial score (nSPS) is 30.4. The molecule has 3 fully saturated rings. The number of fused-ring (bicyclic) bond motifs is 5. The second kappa shape index (κ2) is 4.22. The Bertz CT molecular complexity index is 648. The molecule has 1 N–H and O–H groups in total. The lowest BCUT2D eigenvalue weighted by Crippen LogP contribution is -2.51. The lowest BCUT2D eigenvalue weighted by Gasteiger charge is -2.26. The Balaban J connectivity index is 1.72. The van der Waals surface area contributed by atoms with Gasteiger partial charge in [0, 0.05) is 18.6 Å². The fourth-order valence-electron chi connectivity index (χ4n) is 3.59. The number of urea groups is 1. The number of nitrogens with zero attached hydrogens (tertiary/aromatic N) is 2. The summed E-state index contributed by atoms with van der Waals surface area (Å²) in [6, 6.07) is 3.04. The molecule has 3 heterocycles. The number of alkyl halides is 3. The summed E-state index contributed by atoms with van der Waals surface area (Å²) in [6.45, 7) is 0.622. The molecule has 116 valence electrons. The van der Waals surface area contributed by atoms with E-state index in [9.17, 15) is 22.8 Å². The number of piperazine rings is 1. The summed E-state index contributed by atoms with van der Waals surface area (Å²) >= 11 is 0. The zero-order valence-electron chi connectivity index (χ0n) is 11.3. The van der Waals surface area contributed by atoms with E-state index in [1.165, 1.54) is 17.0 Å². The van der Waals surface area contributed by atoms with Crippen LogP contribution in [-0.2, 0) is 11.0 Å². The molecule has 1 aromatic carbocycles. The zero-order chi connectivity index (χ0) is 15.6. The van der Waals surface area contributed by atoms with Crippen LogP contribution in [0.2, 0.25) is 0 Å². The van der Waals surface area contributed by atoms with Crippen LogP contribution in [0.1, 0.15) is 12.0 Å². The maximum absolute atomic E-state index is 12.8. The third-order valence-electron chi connectivity index (χ3n) is 4.53. The minimum absolute atomic E-state index is 0.0291. The van der Waals surface area contributed by atoms with Gasteiger partial charge in [0.15, 0.2) is 0 Å². The van der Waals surface area contributed by atoms with Crippen molar-refractivity contribution in [2.24, 2.45) is 0 Å². The SMILES string of the molecule is O=C1[C@H]2C3C[C@H](CN3)N2C(=O)N1c1cccc(C(F)(F)F)c1. The maximum atomic E-state index is 12.8. The van der Waals surface area contributed by atoms with Crippen LogP contribution in [0.5, 0.6) is 0 Å². The number of nitrogens with one attached hydrogen (secondary N) is 1. The van der Waals surface area contributed by atoms with E-state index in [4.69, 9.17) is 0 Å². The van der Waals surface area contributed by atoms with E-state index in [1.807, 2.05) is 0 Å². The highest BCUT2D eigenvalue weighted by atomic mass is 19.4. The number of imide groups is 1. The molecule has 3 saturated heterocycles. The molecule has 3 aliphatic rings. The zero-order valence-corrected chi connectivity index (χ0v) is 11.3. The van der Waals surface area contributed by atoms with Gasteiger partial charge in [-0.3, -0.25) is 4.79 Å². The summed E-state index contributed by atoms with van der Waals surface area (Å²) < 4.78 is 38.4. The minimum Gasteiger partial charge on any atom is -0.309 e. The molecule has 1 aromatic rings. The van der Waals surface area contributed by atoms with E-state index in [0.29, 0.717) is 6.54 Å². The second-order valence-electron chi connectivity index (χ2n) is 5.76. The molecule has 3 atom stereocenters. The molecule has 0 aliphatic carbocycles. The number of hydrogen-bond acceptors (Lipinski definition) is 3. The van der Waals surface area contributed by atoms with Crippen LogP contribution in [0.15, 0.2) is 24.3 Å². The first-order valence-corrected chi connectivity index (χ1v) is 6.95. The molecule has 0 radical (unpaired) electrons. The number of carbonyl (C=O) groups excluding carboxylic acids is 2. The predicted octanol–water partition coefficient (Wildman–Crippen LogP) is 1.59. The van der Waals surface area contributed by atoms with Gasteiger partial charge in [-0.15, -0.1) is 0 Å². The summed E-state index contributed by atoms with van der Waals surface area (Å²) in [4.78, 5) is 27.3. The summed E-state index contributed by atoms with van der Waals surface area (Å²) in [5.41, 5.74) is -0.905. The smallest absolute Gasteiger partial charge is 0.309 e. The molecule has 3 amide bonds. The van der Waals surface area contributed by atoms with Crippen molar-refractivity contribution in [3.05, 3.63) is 29.8 Å². The van der Waals surface area contributed by atoms with Gasteiger partial charge in [0.2, 0.25) is 0 Å². The number of anilines is 1. The van der Waals surface area contributed by atoms with Crippen LogP contribution < -0.4 is 10.2 Å². The number of benzene rings is 1. The Hall–Kier alpha value is -2.09. The van der Waals surface area contributed by atoms with Gasteiger partial charge in [-0.2, -0.15) is 13.2 Å². The molecule has 22 heavy (non-hydrogen) atoms. The monoisotopic (exact) mass is 311 g/mol. The van der Waals surface area contributed by atoms with Crippen LogP contribution in [0, 0.1) is 0 Å². The number of carbonyl (C=O) groups is 2. The maximum Gasteiger partial charge on any atom is 0.416 e. The topological polar surface area (TPSA) is 52.7 Å². The lowest BCUT2D eigenvalue weighted by molar-refractivity contribution is -0.137. The average molecular weight is 311 g/mol. The average Bonchev–Trinajstić information content (AvgIpc) is 3.12. The molecule has 2 bridgehead atoms. The Labute approximate surface area is 123 Å². The molecular weight excluding hydrogens is 299 g/mol. The first-order valence-electron chi connectivity index (χ1n) is 6.95. The van der Waals surface area contributed by atoms with Gasteiger partial charge in [-0.05, 0) is 24.6 Å². The van der Waals surface area contributed by atoms with Crippen molar-refractivity contribution in [2.45, 2.75) is 30.7 Å². The van der Waals surface area contributed by atoms with Gasteiger partial charge < -0.3 is 10.2 Å². The standard InChI is InChI=1S/C14H12F3N3O2/c15-14(16,17)7-2-1-3-8(4-7)20-12(21)11-10-5-9(6-18-10)19(11)13(20)22/h1-4,9-11,18H,5-6H2/t9-,10?,11-/m1/s1. The summed E-state index contributed by atoms with van der Waals surface area (Å²) in [6.07, 6.45) is -3.79. The molecule has 0 aromatic heterocycles.